The summed E-state index contributed by atoms with van der Waals surface area (Å²) in [5.41, 5.74) is 0. The molecule has 0 heterocycles. The van der Waals surface area contributed by atoms with Crippen LogP contribution in [0.3, 0.4) is 0 Å². The molecular formula is C9H19NO2SSi. The van der Waals surface area contributed by atoms with Gasteiger partial charge in [0.25, 0.3) is 0 Å². The molecule has 0 bridgehead atoms. The van der Waals surface area contributed by atoms with Crippen molar-refractivity contribution in [2.75, 3.05) is 20.0 Å². The van der Waals surface area contributed by atoms with E-state index >= 15 is 0 Å². The van der Waals surface area contributed by atoms with Crippen molar-refractivity contribution in [1.82, 2.24) is 0 Å². The number of nitriles is 1. The fourth-order valence-corrected chi connectivity index (χ4v) is 3.72. The van der Waals surface area contributed by atoms with Crippen molar-refractivity contribution in [2.24, 2.45) is 0 Å². The predicted octanol–water partition coefficient (Wildman–Crippen LogP) is 1.88. The second-order valence-corrected chi connectivity index (χ2v) is 6.41. The number of nitrogens with zero attached hydrogens (tertiary/aromatic N) is 1. The Hall–Kier alpha value is -0.0231. The molecule has 0 rings (SSSR count). The lowest BCUT2D eigenvalue weighted by atomic mass is 10.0. The van der Waals surface area contributed by atoms with Crippen molar-refractivity contribution in [1.29, 1.82) is 5.26 Å². The van der Waals surface area contributed by atoms with E-state index in [0.29, 0.717) is 0 Å². The molecule has 1 atom stereocenters. The molecular weight excluding hydrogens is 214 g/mol. The predicted molar refractivity (Wildman–Crippen MR) is 62.9 cm³/mol. The monoisotopic (exact) mass is 233 g/mol. The summed E-state index contributed by atoms with van der Waals surface area (Å²) in [5.74, 6) is 0.804. The fraction of sp³-hybridized carbons (Fsp3) is 0.889. The molecule has 0 spiro atoms. The topological polar surface area (TPSA) is 42.2 Å². The van der Waals surface area contributed by atoms with Crippen LogP contribution in [0.1, 0.15) is 26.2 Å². The Kier molecular flexibility index (Phi) is 7.28. The summed E-state index contributed by atoms with van der Waals surface area (Å²) >= 11 is 4.16. The minimum absolute atomic E-state index is 0.397. The lowest BCUT2D eigenvalue weighted by Gasteiger charge is -2.29. The van der Waals surface area contributed by atoms with Crippen LogP contribution in [-0.2, 0) is 8.85 Å². The van der Waals surface area contributed by atoms with Crippen molar-refractivity contribution >= 4 is 21.9 Å². The van der Waals surface area contributed by atoms with Gasteiger partial charge in [-0.15, -0.1) is 0 Å². The Morgan fingerprint density at radius 3 is 2.29 bits per heavy atom. The molecule has 0 aliphatic rings. The van der Waals surface area contributed by atoms with Crippen LogP contribution < -0.4 is 0 Å². The smallest absolute Gasteiger partial charge is 0.341 e. The summed E-state index contributed by atoms with van der Waals surface area (Å²) < 4.78 is 10.6. The molecule has 0 radical (unpaired) electrons. The Morgan fingerprint density at radius 2 is 2.00 bits per heavy atom. The third kappa shape index (κ3) is 3.28. The molecule has 82 valence electrons. The summed E-state index contributed by atoms with van der Waals surface area (Å²) in [4.78, 5) is 0. The minimum atomic E-state index is -1.87. The van der Waals surface area contributed by atoms with Gasteiger partial charge >= 0.3 is 9.28 Å². The van der Waals surface area contributed by atoms with Gasteiger partial charge in [0, 0.05) is 14.2 Å². The van der Waals surface area contributed by atoms with Gasteiger partial charge in [0.1, 0.15) is 0 Å². The summed E-state index contributed by atoms with van der Waals surface area (Å²) in [7, 11) is 1.39. The molecule has 0 aromatic heterocycles. The van der Waals surface area contributed by atoms with Crippen LogP contribution in [0.25, 0.3) is 0 Å². The maximum Gasteiger partial charge on any atom is 0.341 e. The molecule has 0 saturated carbocycles. The zero-order valence-electron chi connectivity index (χ0n) is 9.12. The van der Waals surface area contributed by atoms with Gasteiger partial charge in [-0.25, -0.2) is 0 Å². The Morgan fingerprint density at radius 1 is 1.43 bits per heavy atom. The van der Waals surface area contributed by atoms with Gasteiger partial charge in [-0.1, -0.05) is 6.92 Å². The molecule has 0 aromatic carbocycles. The molecule has 0 aliphatic heterocycles. The number of hydrogen-bond acceptors (Lipinski definition) is 4. The molecule has 14 heavy (non-hydrogen) atoms. The van der Waals surface area contributed by atoms with E-state index in [9.17, 15) is 5.26 Å². The summed E-state index contributed by atoms with van der Waals surface area (Å²) in [6.07, 6.45) is 2.54. The molecule has 3 nitrogen and oxygen atoms in total. The summed E-state index contributed by atoms with van der Waals surface area (Å²) in [6, 6.07) is 2.38. The molecule has 0 aromatic rings. The van der Waals surface area contributed by atoms with Crippen molar-refractivity contribution in [3.8, 4) is 6.07 Å². The molecule has 5 heteroatoms. The number of hydrogen-bond donors (Lipinski definition) is 1. The van der Waals surface area contributed by atoms with Crippen molar-refractivity contribution in [2.45, 2.75) is 31.2 Å². The van der Waals surface area contributed by atoms with E-state index in [1.165, 1.54) is 0 Å². The first-order chi connectivity index (χ1) is 6.70. The van der Waals surface area contributed by atoms with E-state index in [2.05, 4.69) is 18.7 Å². The van der Waals surface area contributed by atoms with E-state index in [4.69, 9.17) is 8.85 Å². The minimum Gasteiger partial charge on any atom is -0.399 e. The van der Waals surface area contributed by atoms with Crippen LogP contribution in [-0.4, -0.2) is 29.3 Å². The zero-order valence-corrected chi connectivity index (χ0v) is 11.2. The maximum atomic E-state index is 9.24. The van der Waals surface area contributed by atoms with Gasteiger partial charge in [-0.3, -0.25) is 0 Å². The van der Waals surface area contributed by atoms with E-state index < -0.39 is 14.3 Å². The van der Waals surface area contributed by atoms with Crippen LogP contribution in [0.5, 0.6) is 0 Å². The van der Waals surface area contributed by atoms with Gasteiger partial charge in [0.05, 0.1) is 11.1 Å². The average Bonchev–Trinajstić information content (AvgIpc) is 2.24. The van der Waals surface area contributed by atoms with Crippen LogP contribution in [0, 0.1) is 11.3 Å². The molecule has 1 unspecified atom stereocenters. The highest BCUT2D eigenvalue weighted by molar-refractivity contribution is 7.80. The maximum absolute atomic E-state index is 9.24. The van der Waals surface area contributed by atoms with Crippen LogP contribution in [0.2, 0.25) is 5.04 Å². The number of rotatable bonds is 7. The SMILES string of the molecule is CCC(C#N)(CCCS)[SiH](OC)OC. The first kappa shape index (κ1) is 14.0. The normalized spacial score (nSPS) is 15.1. The van der Waals surface area contributed by atoms with Crippen LogP contribution in [0.15, 0.2) is 0 Å². The molecule has 0 amide bonds. The van der Waals surface area contributed by atoms with E-state index in [0.717, 1.165) is 25.0 Å². The Labute approximate surface area is 93.7 Å². The van der Waals surface area contributed by atoms with Gasteiger partial charge in [-0.2, -0.15) is 17.9 Å². The highest BCUT2D eigenvalue weighted by atomic mass is 32.1. The quantitative estimate of drug-likeness (QED) is 0.539. The molecule has 0 fully saturated rings. The lowest BCUT2D eigenvalue weighted by molar-refractivity contribution is 0.246. The summed E-state index contributed by atoms with van der Waals surface area (Å²) in [5, 5.41) is 8.84. The lowest BCUT2D eigenvalue weighted by Crippen LogP contribution is -2.35. The standard InChI is InChI=1S/C9H19NO2SSi/c1-4-9(8-10,6-5-7-13)14(11-2)12-3/h13-14H,4-7H2,1-3H3. The van der Waals surface area contributed by atoms with Gasteiger partial charge in [0.2, 0.25) is 0 Å². The second kappa shape index (κ2) is 7.29. The van der Waals surface area contributed by atoms with Crippen molar-refractivity contribution in [3.63, 3.8) is 0 Å². The fourth-order valence-electron chi connectivity index (χ4n) is 1.59. The van der Waals surface area contributed by atoms with Crippen molar-refractivity contribution in [3.05, 3.63) is 0 Å². The first-order valence-electron chi connectivity index (χ1n) is 4.78. The van der Waals surface area contributed by atoms with Crippen molar-refractivity contribution < 1.29 is 8.85 Å². The molecule has 0 N–H and O–H groups in total. The van der Waals surface area contributed by atoms with Gasteiger partial charge in [-0.05, 0) is 25.0 Å². The van der Waals surface area contributed by atoms with Gasteiger partial charge < -0.3 is 8.85 Å². The van der Waals surface area contributed by atoms with E-state index in [1.807, 2.05) is 6.92 Å². The van der Waals surface area contributed by atoms with Crippen LogP contribution >= 0.6 is 12.6 Å². The van der Waals surface area contributed by atoms with E-state index in [1.54, 1.807) is 14.2 Å². The third-order valence-corrected chi connectivity index (χ3v) is 5.41. The first-order valence-corrected chi connectivity index (χ1v) is 6.93. The largest absolute Gasteiger partial charge is 0.399 e. The summed E-state index contributed by atoms with van der Waals surface area (Å²) in [6.45, 7) is 2.01. The van der Waals surface area contributed by atoms with Gasteiger partial charge in [0.15, 0.2) is 0 Å². The van der Waals surface area contributed by atoms with E-state index in [-0.39, 0.29) is 0 Å². The Bertz CT molecular complexity index is 194. The molecule has 0 saturated heterocycles. The highest BCUT2D eigenvalue weighted by Crippen LogP contribution is 2.39. The third-order valence-electron chi connectivity index (χ3n) is 2.51. The second-order valence-electron chi connectivity index (χ2n) is 3.25. The Balaban J connectivity index is 4.59. The zero-order chi connectivity index (χ0) is 11.0. The highest BCUT2D eigenvalue weighted by Gasteiger charge is 2.40. The number of thiol groups is 1. The molecule has 0 aliphatic carbocycles. The average molecular weight is 233 g/mol. The van der Waals surface area contributed by atoms with Crippen LogP contribution in [0.4, 0.5) is 0 Å².